The minimum atomic E-state index is -0.215. The molecule has 2 heterocycles. The number of aromatic nitrogens is 3. The van der Waals surface area contributed by atoms with Crippen LogP contribution in [0.5, 0.6) is 0 Å². The average molecular weight is 242 g/mol. The number of nitrogens with zero attached hydrogens (tertiary/aromatic N) is 2. The molecule has 0 saturated carbocycles. The van der Waals surface area contributed by atoms with Gasteiger partial charge in [0.15, 0.2) is 5.82 Å². The molecule has 0 saturated heterocycles. The van der Waals surface area contributed by atoms with Crippen LogP contribution in [0.3, 0.4) is 0 Å². The van der Waals surface area contributed by atoms with E-state index in [1.54, 1.807) is 18.5 Å². The van der Waals surface area contributed by atoms with Gasteiger partial charge in [0.1, 0.15) is 0 Å². The van der Waals surface area contributed by atoms with Gasteiger partial charge in [0, 0.05) is 30.2 Å². The van der Waals surface area contributed by atoms with Crippen molar-refractivity contribution in [1.29, 1.82) is 0 Å². The Labute approximate surface area is 105 Å². The third-order valence-corrected chi connectivity index (χ3v) is 2.37. The highest BCUT2D eigenvalue weighted by Crippen LogP contribution is 2.06. The lowest BCUT2D eigenvalue weighted by molar-refractivity contribution is -0.111. The van der Waals surface area contributed by atoms with Crippen molar-refractivity contribution in [2.45, 2.75) is 13.3 Å². The van der Waals surface area contributed by atoms with Crippen LogP contribution in [-0.4, -0.2) is 21.1 Å². The lowest BCUT2D eigenvalue weighted by Gasteiger charge is -1.95. The molecule has 0 aliphatic carbocycles. The Morgan fingerprint density at radius 2 is 2.44 bits per heavy atom. The zero-order valence-electron chi connectivity index (χ0n) is 10.1. The predicted molar refractivity (Wildman–Crippen MR) is 69.9 cm³/mol. The Balaban J connectivity index is 1.94. The molecule has 0 atom stereocenters. The smallest absolute Gasteiger partial charge is 0.249 e. The molecule has 0 radical (unpaired) electrons. The molecule has 0 spiro atoms. The molecule has 2 aromatic rings. The van der Waals surface area contributed by atoms with Crippen LogP contribution in [0.1, 0.15) is 18.2 Å². The molecule has 1 amide bonds. The molecule has 2 aromatic heterocycles. The summed E-state index contributed by atoms with van der Waals surface area (Å²) in [7, 11) is 0. The van der Waals surface area contributed by atoms with Crippen molar-refractivity contribution < 1.29 is 4.79 Å². The SMILES string of the molecule is CCc1cc(NC(=O)/C=C/c2cccnc2)n[nH]1. The fourth-order valence-corrected chi connectivity index (χ4v) is 1.42. The highest BCUT2D eigenvalue weighted by atomic mass is 16.1. The summed E-state index contributed by atoms with van der Waals surface area (Å²) in [4.78, 5) is 15.6. The summed E-state index contributed by atoms with van der Waals surface area (Å²) < 4.78 is 0. The third kappa shape index (κ3) is 3.28. The molecular formula is C13H14N4O. The van der Waals surface area contributed by atoms with E-state index in [0.29, 0.717) is 5.82 Å². The number of carbonyl (C=O) groups is 1. The summed E-state index contributed by atoms with van der Waals surface area (Å²) in [6, 6.07) is 5.51. The van der Waals surface area contributed by atoms with Crippen molar-refractivity contribution in [2.75, 3.05) is 5.32 Å². The number of aromatic amines is 1. The molecule has 2 N–H and O–H groups in total. The number of H-pyrrole nitrogens is 1. The highest BCUT2D eigenvalue weighted by molar-refractivity contribution is 6.01. The molecule has 5 heteroatoms. The Kier molecular flexibility index (Phi) is 3.86. The fraction of sp³-hybridized carbons (Fsp3) is 0.154. The fourth-order valence-electron chi connectivity index (χ4n) is 1.42. The van der Waals surface area contributed by atoms with Crippen molar-refractivity contribution in [3.63, 3.8) is 0 Å². The number of carbonyl (C=O) groups excluding carboxylic acids is 1. The molecule has 5 nitrogen and oxygen atoms in total. The number of pyridine rings is 1. The van der Waals surface area contributed by atoms with Crippen LogP contribution in [0.15, 0.2) is 36.7 Å². The van der Waals surface area contributed by atoms with Gasteiger partial charge in [-0.1, -0.05) is 13.0 Å². The van der Waals surface area contributed by atoms with E-state index in [1.807, 2.05) is 25.1 Å². The first kappa shape index (κ1) is 12.0. The van der Waals surface area contributed by atoms with Crippen LogP contribution in [0, 0.1) is 0 Å². The van der Waals surface area contributed by atoms with Crippen LogP contribution >= 0.6 is 0 Å². The number of rotatable bonds is 4. The first-order valence-corrected chi connectivity index (χ1v) is 5.71. The maximum Gasteiger partial charge on any atom is 0.249 e. The van der Waals surface area contributed by atoms with E-state index in [2.05, 4.69) is 20.5 Å². The predicted octanol–water partition coefficient (Wildman–Crippen LogP) is 2.02. The van der Waals surface area contributed by atoms with E-state index in [9.17, 15) is 4.79 Å². The second-order valence-corrected chi connectivity index (χ2v) is 3.74. The summed E-state index contributed by atoms with van der Waals surface area (Å²) in [5.74, 6) is 0.320. The van der Waals surface area contributed by atoms with Gasteiger partial charge in [-0.25, -0.2) is 0 Å². The maximum atomic E-state index is 11.6. The van der Waals surface area contributed by atoms with Crippen molar-refractivity contribution in [3.05, 3.63) is 47.9 Å². The van der Waals surface area contributed by atoms with Crippen molar-refractivity contribution in [1.82, 2.24) is 15.2 Å². The van der Waals surface area contributed by atoms with Gasteiger partial charge in [0.2, 0.25) is 5.91 Å². The molecule has 0 aliphatic heterocycles. The van der Waals surface area contributed by atoms with Gasteiger partial charge in [-0.05, 0) is 24.1 Å². The van der Waals surface area contributed by atoms with Crippen molar-refractivity contribution in [3.8, 4) is 0 Å². The summed E-state index contributed by atoms with van der Waals surface area (Å²) in [5.41, 5.74) is 1.87. The topological polar surface area (TPSA) is 70.7 Å². The maximum absolute atomic E-state index is 11.6. The second kappa shape index (κ2) is 5.77. The summed E-state index contributed by atoms with van der Waals surface area (Å²) in [6.07, 6.45) is 7.39. The molecule has 0 aliphatic rings. The number of hydrogen-bond acceptors (Lipinski definition) is 3. The standard InChI is InChI=1S/C13H14N4O/c1-2-11-8-12(17-16-11)15-13(18)6-5-10-4-3-7-14-9-10/h3-9H,2H2,1H3,(H2,15,16,17,18)/b6-5+. The molecule has 92 valence electrons. The van der Waals surface area contributed by atoms with E-state index < -0.39 is 0 Å². The zero-order chi connectivity index (χ0) is 12.8. The summed E-state index contributed by atoms with van der Waals surface area (Å²) in [6.45, 7) is 2.02. The van der Waals surface area contributed by atoms with E-state index in [-0.39, 0.29) is 5.91 Å². The Morgan fingerprint density at radius 3 is 3.11 bits per heavy atom. The molecule has 0 bridgehead atoms. The second-order valence-electron chi connectivity index (χ2n) is 3.74. The van der Waals surface area contributed by atoms with Crippen LogP contribution in [-0.2, 0) is 11.2 Å². The average Bonchev–Trinajstić information content (AvgIpc) is 2.85. The first-order valence-electron chi connectivity index (χ1n) is 5.71. The van der Waals surface area contributed by atoms with E-state index in [4.69, 9.17) is 0 Å². The highest BCUT2D eigenvalue weighted by Gasteiger charge is 2.01. The number of nitrogens with one attached hydrogen (secondary N) is 2. The van der Waals surface area contributed by atoms with Crippen LogP contribution < -0.4 is 5.32 Å². The van der Waals surface area contributed by atoms with Gasteiger partial charge in [-0.15, -0.1) is 0 Å². The third-order valence-electron chi connectivity index (χ3n) is 2.37. The number of amides is 1. The minimum Gasteiger partial charge on any atom is -0.306 e. The number of anilines is 1. The molecule has 0 fully saturated rings. The number of aryl methyl sites for hydroxylation is 1. The Bertz CT molecular complexity index is 545. The molecule has 2 rings (SSSR count). The van der Waals surface area contributed by atoms with Gasteiger partial charge in [0.25, 0.3) is 0 Å². The largest absolute Gasteiger partial charge is 0.306 e. The monoisotopic (exact) mass is 242 g/mol. The lowest BCUT2D eigenvalue weighted by Crippen LogP contribution is -2.07. The summed E-state index contributed by atoms with van der Waals surface area (Å²) in [5, 5.41) is 9.49. The van der Waals surface area contributed by atoms with E-state index >= 15 is 0 Å². The Morgan fingerprint density at radius 1 is 1.56 bits per heavy atom. The van der Waals surface area contributed by atoms with Gasteiger partial charge < -0.3 is 5.32 Å². The van der Waals surface area contributed by atoms with Gasteiger partial charge in [0.05, 0.1) is 0 Å². The number of hydrogen-bond donors (Lipinski definition) is 2. The Hall–Kier alpha value is -2.43. The first-order chi connectivity index (χ1) is 8.78. The lowest BCUT2D eigenvalue weighted by atomic mass is 10.2. The van der Waals surface area contributed by atoms with E-state index in [0.717, 1.165) is 17.7 Å². The van der Waals surface area contributed by atoms with Crippen LogP contribution in [0.4, 0.5) is 5.82 Å². The minimum absolute atomic E-state index is 0.215. The van der Waals surface area contributed by atoms with Gasteiger partial charge >= 0.3 is 0 Å². The molecule has 0 aromatic carbocycles. The van der Waals surface area contributed by atoms with Gasteiger partial charge in [-0.2, -0.15) is 5.10 Å². The molecular weight excluding hydrogens is 228 g/mol. The van der Waals surface area contributed by atoms with Crippen LogP contribution in [0.2, 0.25) is 0 Å². The van der Waals surface area contributed by atoms with Crippen LogP contribution in [0.25, 0.3) is 6.08 Å². The summed E-state index contributed by atoms with van der Waals surface area (Å²) >= 11 is 0. The molecule has 0 unspecified atom stereocenters. The normalized spacial score (nSPS) is 10.7. The van der Waals surface area contributed by atoms with Gasteiger partial charge in [-0.3, -0.25) is 14.9 Å². The zero-order valence-corrected chi connectivity index (χ0v) is 10.1. The van der Waals surface area contributed by atoms with Crippen molar-refractivity contribution >= 4 is 17.8 Å². The van der Waals surface area contributed by atoms with E-state index in [1.165, 1.54) is 6.08 Å². The van der Waals surface area contributed by atoms with Crippen molar-refractivity contribution in [2.24, 2.45) is 0 Å². The quantitative estimate of drug-likeness (QED) is 0.806. The molecule has 18 heavy (non-hydrogen) atoms.